The molecule has 4 nitrogen and oxygen atoms in total. The molecule has 0 aliphatic heterocycles. The third-order valence-corrected chi connectivity index (χ3v) is 2.16. The van der Waals surface area contributed by atoms with Crippen LogP contribution in [0.4, 0.5) is 8.78 Å². The third-order valence-electron chi connectivity index (χ3n) is 2.16. The average Bonchev–Trinajstić information content (AvgIpc) is 2.64. The molecule has 16 heavy (non-hydrogen) atoms. The number of aryl methyl sites for hydroxylation is 1. The summed E-state index contributed by atoms with van der Waals surface area (Å²) < 4.78 is 27.1. The lowest BCUT2D eigenvalue weighted by Gasteiger charge is -2.02. The van der Waals surface area contributed by atoms with Gasteiger partial charge in [0.05, 0.1) is 5.69 Å². The first-order valence-corrected chi connectivity index (χ1v) is 4.43. The Hall–Kier alpha value is -2.11. The number of hydrogen-bond acceptors (Lipinski definition) is 3. The van der Waals surface area contributed by atoms with Gasteiger partial charge in [-0.2, -0.15) is 0 Å². The molecule has 0 N–H and O–H groups in total. The quantitative estimate of drug-likeness (QED) is 0.726. The molecule has 0 radical (unpaired) electrons. The van der Waals surface area contributed by atoms with E-state index in [9.17, 15) is 13.6 Å². The van der Waals surface area contributed by atoms with Crippen LogP contribution >= 0.6 is 0 Å². The molecule has 82 valence electrons. The molecular formula is C10H7F2N3O. The highest BCUT2D eigenvalue weighted by Gasteiger charge is 2.13. The zero-order chi connectivity index (χ0) is 11.7. The number of aldehydes is 1. The van der Waals surface area contributed by atoms with Crippen molar-refractivity contribution in [3.8, 4) is 11.3 Å². The number of aromatic nitrogens is 3. The lowest BCUT2D eigenvalue weighted by Crippen LogP contribution is -1.96. The highest BCUT2D eigenvalue weighted by molar-refractivity contribution is 5.83. The van der Waals surface area contributed by atoms with Crippen LogP contribution in [0, 0.1) is 11.6 Å². The van der Waals surface area contributed by atoms with E-state index in [4.69, 9.17) is 0 Å². The zero-order valence-corrected chi connectivity index (χ0v) is 8.32. The first-order valence-electron chi connectivity index (χ1n) is 4.43. The summed E-state index contributed by atoms with van der Waals surface area (Å²) >= 11 is 0. The van der Waals surface area contributed by atoms with E-state index in [0.717, 1.165) is 12.1 Å². The SMILES string of the molecule is Cn1nnc(C=O)c1-c1ccc(F)c(F)c1. The molecule has 2 aromatic rings. The molecule has 0 fully saturated rings. The van der Waals surface area contributed by atoms with Gasteiger partial charge in [-0.1, -0.05) is 5.21 Å². The number of halogens is 2. The molecule has 1 aromatic heterocycles. The molecule has 0 unspecified atom stereocenters. The molecule has 6 heteroatoms. The van der Waals surface area contributed by atoms with E-state index in [0.29, 0.717) is 17.5 Å². The number of rotatable bonds is 2. The van der Waals surface area contributed by atoms with Crippen molar-refractivity contribution >= 4 is 6.29 Å². The van der Waals surface area contributed by atoms with E-state index >= 15 is 0 Å². The fraction of sp³-hybridized carbons (Fsp3) is 0.100. The number of benzene rings is 1. The minimum absolute atomic E-state index is 0.0912. The Bertz CT molecular complexity index is 551. The molecule has 0 spiro atoms. The molecule has 0 aliphatic carbocycles. The second kappa shape index (κ2) is 3.80. The molecule has 0 atom stereocenters. The van der Waals surface area contributed by atoms with Crippen LogP contribution in [0.5, 0.6) is 0 Å². The highest BCUT2D eigenvalue weighted by atomic mass is 19.2. The minimum Gasteiger partial charge on any atom is -0.296 e. The van der Waals surface area contributed by atoms with Gasteiger partial charge in [0, 0.05) is 12.6 Å². The first-order chi connectivity index (χ1) is 7.63. The van der Waals surface area contributed by atoms with Crippen LogP contribution in [-0.2, 0) is 7.05 Å². The summed E-state index contributed by atoms with van der Waals surface area (Å²) in [7, 11) is 1.57. The van der Waals surface area contributed by atoms with Crippen molar-refractivity contribution < 1.29 is 13.6 Å². The fourth-order valence-electron chi connectivity index (χ4n) is 1.43. The molecule has 0 amide bonds. The van der Waals surface area contributed by atoms with Crippen LogP contribution in [0.3, 0.4) is 0 Å². The number of hydrogen-bond donors (Lipinski definition) is 0. The van der Waals surface area contributed by atoms with E-state index in [1.807, 2.05) is 0 Å². The van der Waals surface area contributed by atoms with Crippen molar-refractivity contribution in [3.63, 3.8) is 0 Å². The topological polar surface area (TPSA) is 47.8 Å². The maximum atomic E-state index is 13.0. The van der Waals surface area contributed by atoms with Crippen LogP contribution in [0.2, 0.25) is 0 Å². The summed E-state index contributed by atoms with van der Waals surface area (Å²) in [4.78, 5) is 10.7. The Kier molecular flexibility index (Phi) is 2.47. The molecule has 0 saturated heterocycles. The lowest BCUT2D eigenvalue weighted by atomic mass is 10.1. The lowest BCUT2D eigenvalue weighted by molar-refractivity contribution is 0.111. The van der Waals surface area contributed by atoms with E-state index < -0.39 is 11.6 Å². The summed E-state index contributed by atoms with van der Waals surface area (Å²) in [5.74, 6) is -1.91. The summed E-state index contributed by atoms with van der Waals surface area (Å²) in [5.41, 5.74) is 0.802. The van der Waals surface area contributed by atoms with Gasteiger partial charge >= 0.3 is 0 Å². The molecule has 1 aromatic carbocycles. The summed E-state index contributed by atoms with van der Waals surface area (Å²) in [5, 5.41) is 7.23. The predicted molar refractivity (Wildman–Crippen MR) is 51.7 cm³/mol. The predicted octanol–water partition coefficient (Wildman–Crippen LogP) is 1.57. The molecule has 0 bridgehead atoms. The van der Waals surface area contributed by atoms with Crippen LogP contribution in [0.15, 0.2) is 18.2 Å². The van der Waals surface area contributed by atoms with Crippen molar-refractivity contribution in [1.82, 2.24) is 15.0 Å². The standard InChI is InChI=1S/C10H7F2N3O/c1-15-10(9(5-16)13-14-15)6-2-3-7(11)8(12)4-6/h2-5H,1H3. The first kappa shape index (κ1) is 10.4. The van der Waals surface area contributed by atoms with Gasteiger partial charge in [-0.05, 0) is 18.2 Å². The second-order valence-electron chi connectivity index (χ2n) is 3.19. The van der Waals surface area contributed by atoms with Crippen molar-refractivity contribution in [2.24, 2.45) is 7.05 Å². The Balaban J connectivity index is 2.62. The van der Waals surface area contributed by atoms with Crippen LogP contribution in [0.25, 0.3) is 11.3 Å². The van der Waals surface area contributed by atoms with Crippen molar-refractivity contribution in [2.75, 3.05) is 0 Å². The van der Waals surface area contributed by atoms with E-state index in [1.165, 1.54) is 10.7 Å². The van der Waals surface area contributed by atoms with Gasteiger partial charge < -0.3 is 0 Å². The Morgan fingerprint density at radius 3 is 2.69 bits per heavy atom. The van der Waals surface area contributed by atoms with Gasteiger partial charge in [0.1, 0.15) is 0 Å². The molecule has 2 rings (SSSR count). The van der Waals surface area contributed by atoms with E-state index in [-0.39, 0.29) is 5.69 Å². The fourth-order valence-corrected chi connectivity index (χ4v) is 1.43. The summed E-state index contributed by atoms with van der Waals surface area (Å²) in [6.45, 7) is 0. The van der Waals surface area contributed by atoms with Crippen LogP contribution in [0.1, 0.15) is 10.5 Å². The van der Waals surface area contributed by atoms with Gasteiger partial charge in [0.2, 0.25) is 0 Å². The number of nitrogens with zero attached hydrogens (tertiary/aromatic N) is 3. The Morgan fingerprint density at radius 2 is 2.06 bits per heavy atom. The Labute approximate surface area is 89.5 Å². The highest BCUT2D eigenvalue weighted by Crippen LogP contribution is 2.22. The zero-order valence-electron chi connectivity index (χ0n) is 8.32. The van der Waals surface area contributed by atoms with Gasteiger partial charge in [-0.25, -0.2) is 13.5 Å². The van der Waals surface area contributed by atoms with Crippen LogP contribution < -0.4 is 0 Å². The smallest absolute Gasteiger partial charge is 0.172 e. The summed E-state index contributed by atoms with van der Waals surface area (Å²) in [6.07, 6.45) is 0.517. The molecule has 0 aliphatic rings. The number of carbonyl (C=O) groups excluding carboxylic acids is 1. The maximum absolute atomic E-state index is 13.0. The maximum Gasteiger partial charge on any atom is 0.172 e. The largest absolute Gasteiger partial charge is 0.296 e. The van der Waals surface area contributed by atoms with E-state index in [1.54, 1.807) is 7.05 Å². The van der Waals surface area contributed by atoms with Crippen molar-refractivity contribution in [3.05, 3.63) is 35.5 Å². The van der Waals surface area contributed by atoms with Gasteiger partial charge in [-0.15, -0.1) is 5.10 Å². The summed E-state index contributed by atoms with van der Waals surface area (Å²) in [6, 6.07) is 3.36. The van der Waals surface area contributed by atoms with Gasteiger partial charge in [0.15, 0.2) is 23.6 Å². The normalized spacial score (nSPS) is 10.4. The second-order valence-corrected chi connectivity index (χ2v) is 3.19. The minimum atomic E-state index is -0.976. The number of carbonyl (C=O) groups is 1. The Morgan fingerprint density at radius 1 is 1.31 bits per heavy atom. The van der Waals surface area contributed by atoms with Crippen molar-refractivity contribution in [1.29, 1.82) is 0 Å². The van der Waals surface area contributed by atoms with Gasteiger partial charge in [0.25, 0.3) is 0 Å². The monoisotopic (exact) mass is 223 g/mol. The van der Waals surface area contributed by atoms with E-state index in [2.05, 4.69) is 10.3 Å². The van der Waals surface area contributed by atoms with Crippen molar-refractivity contribution in [2.45, 2.75) is 0 Å². The van der Waals surface area contributed by atoms with Gasteiger partial charge in [-0.3, -0.25) is 4.79 Å². The average molecular weight is 223 g/mol. The van der Waals surface area contributed by atoms with Crippen LogP contribution in [-0.4, -0.2) is 21.3 Å². The molecular weight excluding hydrogens is 216 g/mol. The molecule has 0 saturated carbocycles. The third kappa shape index (κ3) is 1.58. The molecule has 1 heterocycles.